The summed E-state index contributed by atoms with van der Waals surface area (Å²) in [4.78, 5) is 2.47. The maximum Gasteiger partial charge on any atom is 0.119 e. The van der Waals surface area contributed by atoms with Gasteiger partial charge in [0.2, 0.25) is 0 Å². The van der Waals surface area contributed by atoms with Crippen molar-refractivity contribution in [2.45, 2.75) is 32.4 Å². The van der Waals surface area contributed by atoms with Gasteiger partial charge in [-0.2, -0.15) is 0 Å². The highest BCUT2D eigenvalue weighted by atomic mass is 16.5. The van der Waals surface area contributed by atoms with Crippen LogP contribution in [0.3, 0.4) is 0 Å². The van der Waals surface area contributed by atoms with Gasteiger partial charge in [-0.15, -0.1) is 0 Å². The Morgan fingerprint density at radius 2 is 2.12 bits per heavy atom. The van der Waals surface area contributed by atoms with Crippen LogP contribution in [0.15, 0.2) is 24.3 Å². The average molecular weight is 234 g/mol. The molecule has 1 aliphatic heterocycles. The van der Waals surface area contributed by atoms with E-state index in [4.69, 9.17) is 10.5 Å². The Balaban J connectivity index is 1.91. The SMILES string of the molecule is CCOc1cccc(CN2CCC(N)CC2)c1. The van der Waals surface area contributed by atoms with E-state index in [1.807, 2.05) is 13.0 Å². The van der Waals surface area contributed by atoms with Crippen LogP contribution in [0, 0.1) is 0 Å². The molecule has 0 atom stereocenters. The molecular formula is C14H22N2O. The normalized spacial score (nSPS) is 18.2. The zero-order chi connectivity index (χ0) is 12.1. The number of hydrogen-bond acceptors (Lipinski definition) is 3. The number of rotatable bonds is 4. The van der Waals surface area contributed by atoms with Crippen LogP contribution in [0.1, 0.15) is 25.3 Å². The largest absolute Gasteiger partial charge is 0.494 e. The number of likely N-dealkylation sites (tertiary alicyclic amines) is 1. The van der Waals surface area contributed by atoms with Gasteiger partial charge in [0.25, 0.3) is 0 Å². The van der Waals surface area contributed by atoms with E-state index in [-0.39, 0.29) is 0 Å². The standard InChI is InChI=1S/C14H22N2O/c1-2-17-14-5-3-4-12(10-14)11-16-8-6-13(15)7-9-16/h3-5,10,13H,2,6-9,11,15H2,1H3. The molecule has 1 fully saturated rings. The molecule has 0 unspecified atom stereocenters. The van der Waals surface area contributed by atoms with E-state index >= 15 is 0 Å². The van der Waals surface area contributed by atoms with E-state index in [9.17, 15) is 0 Å². The molecule has 0 radical (unpaired) electrons. The highest BCUT2D eigenvalue weighted by Gasteiger charge is 2.15. The molecule has 1 aromatic rings. The predicted molar refractivity (Wildman–Crippen MR) is 70.1 cm³/mol. The molecular weight excluding hydrogens is 212 g/mol. The zero-order valence-corrected chi connectivity index (χ0v) is 10.6. The van der Waals surface area contributed by atoms with Gasteiger partial charge in [-0.1, -0.05) is 12.1 Å². The third kappa shape index (κ3) is 3.72. The number of piperidine rings is 1. The Hall–Kier alpha value is -1.06. The highest BCUT2D eigenvalue weighted by molar-refractivity contribution is 5.28. The molecule has 0 bridgehead atoms. The summed E-state index contributed by atoms with van der Waals surface area (Å²) in [5, 5.41) is 0. The van der Waals surface area contributed by atoms with E-state index in [0.717, 1.165) is 44.8 Å². The lowest BCUT2D eigenvalue weighted by Gasteiger charge is -2.30. The van der Waals surface area contributed by atoms with E-state index < -0.39 is 0 Å². The molecule has 1 heterocycles. The second-order valence-corrected chi connectivity index (χ2v) is 4.69. The number of nitrogens with zero attached hydrogens (tertiary/aromatic N) is 1. The second kappa shape index (κ2) is 6.03. The number of nitrogens with two attached hydrogens (primary N) is 1. The molecule has 94 valence electrons. The van der Waals surface area contributed by atoms with Gasteiger partial charge in [0.05, 0.1) is 6.61 Å². The van der Waals surface area contributed by atoms with Gasteiger partial charge in [0, 0.05) is 12.6 Å². The van der Waals surface area contributed by atoms with E-state index in [1.165, 1.54) is 5.56 Å². The Bertz CT molecular complexity index is 346. The van der Waals surface area contributed by atoms with Crippen molar-refractivity contribution >= 4 is 0 Å². The average Bonchev–Trinajstić information content (AvgIpc) is 2.33. The molecule has 0 aliphatic carbocycles. The first-order valence-corrected chi connectivity index (χ1v) is 6.47. The van der Waals surface area contributed by atoms with Crippen LogP contribution >= 0.6 is 0 Å². The van der Waals surface area contributed by atoms with Crippen LogP contribution in [0.25, 0.3) is 0 Å². The molecule has 1 aliphatic rings. The quantitative estimate of drug-likeness (QED) is 0.866. The van der Waals surface area contributed by atoms with Crippen molar-refractivity contribution in [3.05, 3.63) is 29.8 Å². The molecule has 1 saturated heterocycles. The molecule has 17 heavy (non-hydrogen) atoms. The third-order valence-corrected chi connectivity index (χ3v) is 3.25. The Morgan fingerprint density at radius 3 is 2.82 bits per heavy atom. The van der Waals surface area contributed by atoms with Crippen molar-refractivity contribution in [3.63, 3.8) is 0 Å². The van der Waals surface area contributed by atoms with Crippen molar-refractivity contribution in [3.8, 4) is 5.75 Å². The lowest BCUT2D eigenvalue weighted by molar-refractivity contribution is 0.205. The summed E-state index contributed by atoms with van der Waals surface area (Å²) < 4.78 is 5.51. The summed E-state index contributed by atoms with van der Waals surface area (Å²) in [6.07, 6.45) is 2.23. The molecule has 0 aromatic heterocycles. The molecule has 0 amide bonds. The zero-order valence-electron chi connectivity index (χ0n) is 10.6. The summed E-state index contributed by atoms with van der Waals surface area (Å²) in [7, 11) is 0. The van der Waals surface area contributed by atoms with Crippen LogP contribution < -0.4 is 10.5 Å². The lowest BCUT2D eigenvalue weighted by atomic mass is 10.1. The van der Waals surface area contributed by atoms with Gasteiger partial charge in [-0.25, -0.2) is 0 Å². The molecule has 2 rings (SSSR count). The number of ether oxygens (including phenoxy) is 1. The fraction of sp³-hybridized carbons (Fsp3) is 0.571. The van der Waals surface area contributed by atoms with Crippen LogP contribution in [-0.4, -0.2) is 30.6 Å². The van der Waals surface area contributed by atoms with Crippen molar-refractivity contribution in [1.29, 1.82) is 0 Å². The van der Waals surface area contributed by atoms with Crippen molar-refractivity contribution in [2.75, 3.05) is 19.7 Å². The van der Waals surface area contributed by atoms with Gasteiger partial charge >= 0.3 is 0 Å². The molecule has 3 nitrogen and oxygen atoms in total. The number of hydrogen-bond donors (Lipinski definition) is 1. The lowest BCUT2D eigenvalue weighted by Crippen LogP contribution is -2.39. The Morgan fingerprint density at radius 1 is 1.35 bits per heavy atom. The maximum absolute atomic E-state index is 5.91. The topological polar surface area (TPSA) is 38.5 Å². The van der Waals surface area contributed by atoms with Gasteiger partial charge < -0.3 is 10.5 Å². The molecule has 0 saturated carbocycles. The predicted octanol–water partition coefficient (Wildman–Crippen LogP) is 2.01. The van der Waals surface area contributed by atoms with Crippen molar-refractivity contribution in [2.24, 2.45) is 5.73 Å². The smallest absolute Gasteiger partial charge is 0.119 e. The van der Waals surface area contributed by atoms with E-state index in [2.05, 4.69) is 23.1 Å². The van der Waals surface area contributed by atoms with Crippen LogP contribution in [-0.2, 0) is 6.54 Å². The van der Waals surface area contributed by atoms with Gasteiger partial charge in [0.1, 0.15) is 5.75 Å². The van der Waals surface area contributed by atoms with Gasteiger partial charge in [-0.3, -0.25) is 4.90 Å². The van der Waals surface area contributed by atoms with E-state index in [1.54, 1.807) is 0 Å². The minimum atomic E-state index is 0.404. The number of benzene rings is 1. The minimum Gasteiger partial charge on any atom is -0.494 e. The molecule has 2 N–H and O–H groups in total. The first kappa shape index (κ1) is 12.4. The van der Waals surface area contributed by atoms with E-state index in [0.29, 0.717) is 6.04 Å². The third-order valence-electron chi connectivity index (χ3n) is 3.25. The first-order valence-electron chi connectivity index (χ1n) is 6.47. The maximum atomic E-state index is 5.91. The van der Waals surface area contributed by atoms with Crippen molar-refractivity contribution < 1.29 is 4.74 Å². The second-order valence-electron chi connectivity index (χ2n) is 4.69. The summed E-state index contributed by atoms with van der Waals surface area (Å²) in [5.74, 6) is 0.971. The molecule has 0 spiro atoms. The fourth-order valence-electron chi connectivity index (χ4n) is 2.27. The Kier molecular flexibility index (Phi) is 4.40. The summed E-state index contributed by atoms with van der Waals surface area (Å²) in [6, 6.07) is 8.78. The summed E-state index contributed by atoms with van der Waals surface area (Å²) in [5.41, 5.74) is 7.23. The molecule has 1 aromatic carbocycles. The fourth-order valence-corrected chi connectivity index (χ4v) is 2.27. The minimum absolute atomic E-state index is 0.404. The first-order chi connectivity index (χ1) is 8.28. The Labute approximate surface area is 104 Å². The van der Waals surface area contributed by atoms with Crippen molar-refractivity contribution in [1.82, 2.24) is 4.90 Å². The van der Waals surface area contributed by atoms with Crippen LogP contribution in [0.5, 0.6) is 5.75 Å². The van der Waals surface area contributed by atoms with Gasteiger partial charge in [0.15, 0.2) is 0 Å². The van der Waals surface area contributed by atoms with Crippen LogP contribution in [0.2, 0.25) is 0 Å². The summed E-state index contributed by atoms with van der Waals surface area (Å²) >= 11 is 0. The molecule has 3 heteroatoms. The van der Waals surface area contributed by atoms with Gasteiger partial charge in [-0.05, 0) is 50.6 Å². The highest BCUT2D eigenvalue weighted by Crippen LogP contribution is 2.17. The monoisotopic (exact) mass is 234 g/mol. The summed E-state index contributed by atoms with van der Waals surface area (Å²) in [6.45, 7) is 5.97. The van der Waals surface area contributed by atoms with Crippen LogP contribution in [0.4, 0.5) is 0 Å².